The van der Waals surface area contributed by atoms with Gasteiger partial charge in [0.25, 0.3) is 0 Å². The highest BCUT2D eigenvalue weighted by Crippen LogP contribution is 2.33. The van der Waals surface area contributed by atoms with Crippen LogP contribution >= 0.6 is 12.4 Å². The number of rotatable bonds is 6. The summed E-state index contributed by atoms with van der Waals surface area (Å²) in [5.74, 6) is 0.957. The van der Waals surface area contributed by atoms with Gasteiger partial charge in [0.05, 0.1) is 0 Å². The van der Waals surface area contributed by atoms with Crippen LogP contribution in [0.15, 0.2) is 12.1 Å². The first-order valence-electron chi connectivity index (χ1n) is 7.67. The molecule has 0 radical (unpaired) electrons. The molecule has 2 unspecified atom stereocenters. The molecule has 0 aliphatic heterocycles. The summed E-state index contributed by atoms with van der Waals surface area (Å²) in [6.07, 6.45) is 2.98. The van der Waals surface area contributed by atoms with Crippen LogP contribution in [0.3, 0.4) is 0 Å². The predicted octanol–water partition coefficient (Wildman–Crippen LogP) is 3.03. The van der Waals surface area contributed by atoms with Gasteiger partial charge in [-0.15, -0.1) is 12.4 Å². The minimum Gasteiger partial charge on any atom is -0.491 e. The number of aliphatic hydroxyl groups excluding tert-OH is 1. The van der Waals surface area contributed by atoms with E-state index in [2.05, 4.69) is 32.2 Å². The molecule has 4 heteroatoms. The lowest BCUT2D eigenvalue weighted by Crippen LogP contribution is -2.43. The number of ether oxygens (including phenoxy) is 1. The molecule has 120 valence electrons. The molecule has 0 bridgehead atoms. The zero-order valence-electron chi connectivity index (χ0n) is 13.5. The van der Waals surface area contributed by atoms with Gasteiger partial charge in [0, 0.05) is 12.1 Å². The van der Waals surface area contributed by atoms with Crippen molar-refractivity contribution in [2.45, 2.75) is 65.1 Å². The third-order valence-corrected chi connectivity index (χ3v) is 4.06. The van der Waals surface area contributed by atoms with Gasteiger partial charge in [-0.05, 0) is 55.9 Å². The smallest absolute Gasteiger partial charge is 0.122 e. The third-order valence-electron chi connectivity index (χ3n) is 4.06. The van der Waals surface area contributed by atoms with Crippen molar-refractivity contribution < 1.29 is 9.84 Å². The van der Waals surface area contributed by atoms with Crippen molar-refractivity contribution in [2.75, 3.05) is 6.61 Å². The highest BCUT2D eigenvalue weighted by molar-refractivity contribution is 5.85. The first-order chi connectivity index (χ1) is 9.49. The molecule has 0 heterocycles. The molecule has 0 aromatic heterocycles. The SMILES string of the molecule is Cc1ccc(OCC(O)C(C)NC(C)C)c2c1CCC2.Cl. The number of benzene rings is 1. The minimum absolute atomic E-state index is 0. The second kappa shape index (κ2) is 8.02. The highest BCUT2D eigenvalue weighted by atomic mass is 35.5. The van der Waals surface area contributed by atoms with Crippen LogP contribution < -0.4 is 10.1 Å². The van der Waals surface area contributed by atoms with E-state index in [9.17, 15) is 5.11 Å². The zero-order chi connectivity index (χ0) is 14.7. The predicted molar refractivity (Wildman–Crippen MR) is 89.7 cm³/mol. The van der Waals surface area contributed by atoms with Crippen LogP contribution in [0.25, 0.3) is 0 Å². The summed E-state index contributed by atoms with van der Waals surface area (Å²) in [7, 11) is 0. The second-order valence-corrected chi connectivity index (χ2v) is 6.18. The Balaban J connectivity index is 0.00000220. The molecule has 0 amide bonds. The summed E-state index contributed by atoms with van der Waals surface area (Å²) in [6, 6.07) is 4.57. The molecule has 2 rings (SSSR count). The largest absolute Gasteiger partial charge is 0.491 e. The van der Waals surface area contributed by atoms with Crippen LogP contribution in [0.2, 0.25) is 0 Å². The molecule has 1 aromatic rings. The molecule has 0 saturated carbocycles. The summed E-state index contributed by atoms with van der Waals surface area (Å²) in [5, 5.41) is 13.5. The fraction of sp³-hybridized carbons (Fsp3) is 0.647. The average Bonchev–Trinajstić information content (AvgIpc) is 2.87. The van der Waals surface area contributed by atoms with Crippen molar-refractivity contribution >= 4 is 12.4 Å². The Morgan fingerprint density at radius 1 is 1.19 bits per heavy atom. The maximum atomic E-state index is 10.1. The van der Waals surface area contributed by atoms with E-state index in [0.717, 1.165) is 18.6 Å². The molecule has 21 heavy (non-hydrogen) atoms. The van der Waals surface area contributed by atoms with Crippen molar-refractivity contribution in [1.82, 2.24) is 5.32 Å². The molecule has 0 saturated heterocycles. The number of aliphatic hydroxyl groups is 1. The summed E-state index contributed by atoms with van der Waals surface area (Å²) in [5.41, 5.74) is 4.16. The number of hydrogen-bond acceptors (Lipinski definition) is 3. The maximum absolute atomic E-state index is 10.1. The van der Waals surface area contributed by atoms with Crippen molar-refractivity contribution in [3.63, 3.8) is 0 Å². The Hall–Kier alpha value is -0.770. The summed E-state index contributed by atoms with van der Waals surface area (Å²) in [6.45, 7) is 8.66. The van der Waals surface area contributed by atoms with Crippen molar-refractivity contribution in [2.24, 2.45) is 0 Å². The van der Waals surface area contributed by atoms with Gasteiger partial charge in [-0.3, -0.25) is 0 Å². The molecule has 0 spiro atoms. The topological polar surface area (TPSA) is 41.5 Å². The van der Waals surface area contributed by atoms with Crippen molar-refractivity contribution in [3.05, 3.63) is 28.8 Å². The molecule has 3 nitrogen and oxygen atoms in total. The number of halogens is 1. The monoisotopic (exact) mass is 313 g/mol. The van der Waals surface area contributed by atoms with E-state index in [-0.39, 0.29) is 18.4 Å². The first kappa shape index (κ1) is 18.3. The van der Waals surface area contributed by atoms with Gasteiger partial charge in [-0.1, -0.05) is 19.9 Å². The number of aryl methyl sites for hydroxylation is 1. The molecule has 1 aromatic carbocycles. The van der Waals surface area contributed by atoms with E-state index in [1.54, 1.807) is 0 Å². The number of fused-ring (bicyclic) bond motifs is 1. The zero-order valence-corrected chi connectivity index (χ0v) is 14.3. The van der Waals surface area contributed by atoms with Crippen LogP contribution in [0.4, 0.5) is 0 Å². The lowest BCUT2D eigenvalue weighted by atomic mass is 10.0. The summed E-state index contributed by atoms with van der Waals surface area (Å²) >= 11 is 0. The Morgan fingerprint density at radius 2 is 1.86 bits per heavy atom. The van der Waals surface area contributed by atoms with Gasteiger partial charge >= 0.3 is 0 Å². The standard InChI is InChI=1S/C17H27NO2.ClH/c1-11(2)18-13(4)16(19)10-20-17-9-8-12(3)14-6-5-7-15(14)17;/h8-9,11,13,16,18-19H,5-7,10H2,1-4H3;1H. The molecular weight excluding hydrogens is 286 g/mol. The van der Waals surface area contributed by atoms with E-state index in [4.69, 9.17) is 4.74 Å². The van der Waals surface area contributed by atoms with Crippen LogP contribution in [0, 0.1) is 6.92 Å². The Kier molecular flexibility index (Phi) is 6.98. The van der Waals surface area contributed by atoms with E-state index in [1.807, 2.05) is 13.0 Å². The molecular formula is C17H28ClNO2. The van der Waals surface area contributed by atoms with Gasteiger partial charge in [-0.25, -0.2) is 0 Å². The van der Waals surface area contributed by atoms with Crippen LogP contribution in [-0.2, 0) is 12.8 Å². The fourth-order valence-corrected chi connectivity index (χ4v) is 2.94. The Bertz CT molecular complexity index is 462. The number of nitrogens with one attached hydrogen (secondary N) is 1. The quantitative estimate of drug-likeness (QED) is 0.848. The van der Waals surface area contributed by atoms with Gasteiger partial charge in [0.15, 0.2) is 0 Å². The molecule has 2 atom stereocenters. The van der Waals surface area contributed by atoms with E-state index in [0.29, 0.717) is 12.6 Å². The lowest BCUT2D eigenvalue weighted by Gasteiger charge is -2.23. The molecule has 2 N–H and O–H groups in total. The van der Waals surface area contributed by atoms with Crippen LogP contribution in [0.5, 0.6) is 5.75 Å². The third kappa shape index (κ3) is 4.60. The van der Waals surface area contributed by atoms with Gasteiger partial charge in [0.1, 0.15) is 18.5 Å². The molecule has 1 aliphatic rings. The molecule has 1 aliphatic carbocycles. The second-order valence-electron chi connectivity index (χ2n) is 6.18. The Labute approximate surface area is 134 Å². The Morgan fingerprint density at radius 3 is 2.52 bits per heavy atom. The van der Waals surface area contributed by atoms with Crippen molar-refractivity contribution in [1.29, 1.82) is 0 Å². The maximum Gasteiger partial charge on any atom is 0.122 e. The van der Waals surface area contributed by atoms with Crippen molar-refractivity contribution in [3.8, 4) is 5.75 Å². The van der Waals surface area contributed by atoms with E-state index in [1.165, 1.54) is 23.1 Å². The molecule has 0 fully saturated rings. The highest BCUT2D eigenvalue weighted by Gasteiger charge is 2.20. The van der Waals surface area contributed by atoms with E-state index < -0.39 is 6.10 Å². The van der Waals surface area contributed by atoms with Gasteiger partial charge in [0.2, 0.25) is 0 Å². The summed E-state index contributed by atoms with van der Waals surface area (Å²) in [4.78, 5) is 0. The number of hydrogen-bond donors (Lipinski definition) is 2. The van der Waals surface area contributed by atoms with E-state index >= 15 is 0 Å². The summed E-state index contributed by atoms with van der Waals surface area (Å²) < 4.78 is 5.88. The van der Waals surface area contributed by atoms with Crippen LogP contribution in [-0.4, -0.2) is 29.9 Å². The van der Waals surface area contributed by atoms with Crippen LogP contribution in [0.1, 0.15) is 43.9 Å². The van der Waals surface area contributed by atoms with Gasteiger partial charge in [-0.2, -0.15) is 0 Å². The average molecular weight is 314 g/mol. The fourth-order valence-electron chi connectivity index (χ4n) is 2.94. The van der Waals surface area contributed by atoms with Gasteiger partial charge < -0.3 is 15.2 Å². The lowest BCUT2D eigenvalue weighted by molar-refractivity contribution is 0.0755. The normalized spacial score (nSPS) is 16.3. The minimum atomic E-state index is -0.490. The first-order valence-corrected chi connectivity index (χ1v) is 7.67.